The first-order valence-corrected chi connectivity index (χ1v) is 9.12. The number of anilines is 2. The van der Waals surface area contributed by atoms with Crippen molar-refractivity contribution in [1.82, 2.24) is 25.1 Å². The molecule has 0 aromatic carbocycles. The number of fused-ring (bicyclic) bond motifs is 1. The van der Waals surface area contributed by atoms with Crippen LogP contribution >= 0.6 is 0 Å². The average molecular weight is 466 g/mol. The number of nitrogens with one attached hydrogen (secondary N) is 1. The van der Waals surface area contributed by atoms with Crippen LogP contribution in [0.15, 0.2) is 48.8 Å². The molecule has 1 N–H and O–H groups in total. The second-order valence-electron chi connectivity index (χ2n) is 6.59. The fourth-order valence-corrected chi connectivity index (χ4v) is 3.04. The number of methoxy groups -OCH3 is 1. The van der Waals surface area contributed by atoms with Crippen LogP contribution in [-0.4, -0.2) is 32.3 Å². The third-order valence-corrected chi connectivity index (χ3v) is 4.49. The van der Waals surface area contributed by atoms with Crippen molar-refractivity contribution in [2.45, 2.75) is 12.4 Å². The highest BCUT2D eigenvalue weighted by Gasteiger charge is 2.36. The number of hydrogen-bond acceptors (Lipinski definition) is 7. The molecule has 33 heavy (non-hydrogen) atoms. The van der Waals surface area contributed by atoms with Gasteiger partial charge in [0.2, 0.25) is 5.88 Å². The van der Waals surface area contributed by atoms with Gasteiger partial charge in [-0.1, -0.05) is 0 Å². The molecule has 0 fully saturated rings. The topological polar surface area (TPSA) is 85.7 Å². The third kappa shape index (κ3) is 4.47. The molecule has 0 spiro atoms. The van der Waals surface area contributed by atoms with E-state index in [1.54, 1.807) is 0 Å². The molecule has 7 nitrogen and oxygen atoms in total. The number of nitrogens with zero attached hydrogens (tertiary/aromatic N) is 5. The van der Waals surface area contributed by atoms with Gasteiger partial charge in [-0.05, 0) is 36.4 Å². The first-order chi connectivity index (χ1) is 15.6. The Labute approximate surface area is 181 Å². The van der Waals surface area contributed by atoms with E-state index in [4.69, 9.17) is 4.74 Å². The summed E-state index contributed by atoms with van der Waals surface area (Å²) in [6.45, 7) is 0. The lowest BCUT2D eigenvalue weighted by atomic mass is 10.1. The Balaban J connectivity index is 1.73. The minimum atomic E-state index is -4.66. The van der Waals surface area contributed by atoms with Gasteiger partial charge in [0, 0.05) is 11.6 Å². The number of pyridine rings is 3. The SMILES string of the molecule is COc1nc(Nc2ccnc3nc(-c4nnccc4C(F)(F)F)ccc23)ccc1C(F)(F)F. The van der Waals surface area contributed by atoms with Crippen molar-refractivity contribution in [2.75, 3.05) is 12.4 Å². The van der Waals surface area contributed by atoms with E-state index >= 15 is 0 Å². The molecular weight excluding hydrogens is 454 g/mol. The molecule has 4 aromatic rings. The van der Waals surface area contributed by atoms with Crippen LogP contribution in [0.25, 0.3) is 22.4 Å². The first-order valence-electron chi connectivity index (χ1n) is 9.12. The van der Waals surface area contributed by atoms with Gasteiger partial charge in [0.15, 0.2) is 5.65 Å². The van der Waals surface area contributed by atoms with Gasteiger partial charge in [-0.3, -0.25) is 0 Å². The second kappa shape index (κ2) is 8.15. The highest BCUT2D eigenvalue weighted by Crippen LogP contribution is 2.37. The van der Waals surface area contributed by atoms with Crippen molar-refractivity contribution >= 4 is 22.5 Å². The predicted molar refractivity (Wildman–Crippen MR) is 105 cm³/mol. The van der Waals surface area contributed by atoms with Crippen molar-refractivity contribution in [3.63, 3.8) is 0 Å². The fourth-order valence-electron chi connectivity index (χ4n) is 3.04. The fraction of sp³-hybridized carbons (Fsp3) is 0.150. The molecular formula is C20H12F6N6O. The number of halogens is 6. The van der Waals surface area contributed by atoms with Crippen molar-refractivity contribution in [2.24, 2.45) is 0 Å². The maximum atomic E-state index is 13.3. The van der Waals surface area contributed by atoms with E-state index in [1.165, 1.54) is 24.4 Å². The van der Waals surface area contributed by atoms with Crippen LogP contribution in [0.2, 0.25) is 0 Å². The van der Waals surface area contributed by atoms with Gasteiger partial charge in [0.1, 0.15) is 17.1 Å². The van der Waals surface area contributed by atoms with Gasteiger partial charge in [-0.15, -0.1) is 5.10 Å². The lowest BCUT2D eigenvalue weighted by Gasteiger charge is -2.14. The zero-order valence-corrected chi connectivity index (χ0v) is 16.5. The van der Waals surface area contributed by atoms with E-state index in [2.05, 4.69) is 30.5 Å². The van der Waals surface area contributed by atoms with Gasteiger partial charge < -0.3 is 10.1 Å². The van der Waals surface area contributed by atoms with Crippen molar-refractivity contribution in [1.29, 1.82) is 0 Å². The summed E-state index contributed by atoms with van der Waals surface area (Å²) in [5.41, 5.74) is -2.15. The Bertz CT molecular complexity index is 1320. The molecule has 0 aliphatic heterocycles. The Kier molecular flexibility index (Phi) is 5.47. The molecule has 4 aromatic heterocycles. The molecule has 4 rings (SSSR count). The van der Waals surface area contributed by atoms with Gasteiger partial charge in [-0.25, -0.2) is 9.97 Å². The normalized spacial score (nSPS) is 12.1. The van der Waals surface area contributed by atoms with E-state index in [-0.39, 0.29) is 17.2 Å². The molecule has 0 radical (unpaired) electrons. The molecule has 4 heterocycles. The van der Waals surface area contributed by atoms with Crippen LogP contribution in [0.4, 0.5) is 37.8 Å². The minimum Gasteiger partial charge on any atom is -0.481 e. The predicted octanol–water partition coefficient (Wildman–Crippen LogP) is 5.27. The average Bonchev–Trinajstić information content (AvgIpc) is 2.77. The second-order valence-corrected chi connectivity index (χ2v) is 6.59. The van der Waals surface area contributed by atoms with Crippen LogP contribution in [0.1, 0.15) is 11.1 Å². The molecule has 0 aliphatic carbocycles. The molecule has 0 aliphatic rings. The van der Waals surface area contributed by atoms with E-state index in [1.807, 2.05) is 0 Å². The standard InChI is InChI=1S/C20H12F6N6O/c1-33-18-12(20(24,25)26)3-5-15(31-18)29-13-7-8-27-17-10(13)2-4-14(30-17)16-11(19(21,22)23)6-9-28-32-16/h2-9H,1H3,(H,27,29,30,31). The van der Waals surface area contributed by atoms with Crippen molar-refractivity contribution in [3.05, 3.63) is 59.9 Å². The lowest BCUT2D eigenvalue weighted by Crippen LogP contribution is -2.10. The summed E-state index contributed by atoms with van der Waals surface area (Å²) in [5.74, 6) is -0.571. The molecule has 0 amide bonds. The van der Waals surface area contributed by atoms with Gasteiger partial charge >= 0.3 is 12.4 Å². The van der Waals surface area contributed by atoms with Crippen LogP contribution in [-0.2, 0) is 12.4 Å². The maximum absolute atomic E-state index is 13.3. The number of ether oxygens (including phenoxy) is 1. The zero-order valence-electron chi connectivity index (χ0n) is 16.5. The van der Waals surface area contributed by atoms with Crippen molar-refractivity contribution in [3.8, 4) is 17.3 Å². The van der Waals surface area contributed by atoms with Crippen LogP contribution in [0.5, 0.6) is 5.88 Å². The number of aromatic nitrogens is 5. The van der Waals surface area contributed by atoms with Gasteiger partial charge in [-0.2, -0.15) is 36.4 Å². The van der Waals surface area contributed by atoms with E-state index < -0.39 is 35.1 Å². The van der Waals surface area contributed by atoms with Crippen LogP contribution in [0, 0.1) is 0 Å². The van der Waals surface area contributed by atoms with Gasteiger partial charge in [0.25, 0.3) is 0 Å². The van der Waals surface area contributed by atoms with E-state index in [0.29, 0.717) is 11.1 Å². The lowest BCUT2D eigenvalue weighted by molar-refractivity contribution is -0.139. The molecule has 170 valence electrons. The number of rotatable bonds is 4. The van der Waals surface area contributed by atoms with Crippen LogP contribution in [0.3, 0.4) is 0 Å². The van der Waals surface area contributed by atoms with E-state index in [9.17, 15) is 26.3 Å². The Morgan fingerprint density at radius 3 is 2.27 bits per heavy atom. The summed E-state index contributed by atoms with van der Waals surface area (Å²) < 4.78 is 83.8. The Morgan fingerprint density at radius 2 is 1.58 bits per heavy atom. The smallest absolute Gasteiger partial charge is 0.421 e. The summed E-state index contributed by atoms with van der Waals surface area (Å²) in [7, 11) is 1.07. The molecule has 0 saturated carbocycles. The Morgan fingerprint density at radius 1 is 0.818 bits per heavy atom. The zero-order chi connectivity index (χ0) is 23.8. The van der Waals surface area contributed by atoms with Crippen molar-refractivity contribution < 1.29 is 31.1 Å². The first kappa shape index (κ1) is 22.2. The number of hydrogen-bond donors (Lipinski definition) is 1. The molecule has 13 heteroatoms. The third-order valence-electron chi connectivity index (χ3n) is 4.49. The molecule has 0 unspecified atom stereocenters. The summed E-state index contributed by atoms with van der Waals surface area (Å²) in [4.78, 5) is 12.0. The monoisotopic (exact) mass is 466 g/mol. The molecule has 0 bridgehead atoms. The summed E-state index contributed by atoms with van der Waals surface area (Å²) in [6.07, 6.45) is -7.04. The summed E-state index contributed by atoms with van der Waals surface area (Å²) in [5, 5.41) is 10.3. The summed E-state index contributed by atoms with van der Waals surface area (Å²) >= 11 is 0. The van der Waals surface area contributed by atoms with E-state index in [0.717, 1.165) is 31.5 Å². The minimum absolute atomic E-state index is 0.0460. The number of alkyl halides is 6. The molecule has 0 atom stereocenters. The highest BCUT2D eigenvalue weighted by atomic mass is 19.4. The highest BCUT2D eigenvalue weighted by molar-refractivity contribution is 5.91. The maximum Gasteiger partial charge on any atom is 0.421 e. The van der Waals surface area contributed by atoms with Crippen LogP contribution < -0.4 is 10.1 Å². The summed E-state index contributed by atoms with van der Waals surface area (Å²) in [6, 6.07) is 7.02. The molecule has 0 saturated heterocycles. The quantitative estimate of drug-likeness (QED) is 0.410. The van der Waals surface area contributed by atoms with Gasteiger partial charge in [0.05, 0.1) is 30.3 Å². The largest absolute Gasteiger partial charge is 0.481 e. The Hall–Kier alpha value is -4.03.